The molecule has 1 aliphatic rings. The van der Waals surface area contributed by atoms with Gasteiger partial charge in [0.1, 0.15) is 0 Å². The number of amides is 3. The molecule has 1 aromatic carbocycles. The van der Waals surface area contributed by atoms with Crippen LogP contribution in [0.3, 0.4) is 0 Å². The molecule has 1 fully saturated rings. The molecule has 1 aromatic rings. The summed E-state index contributed by atoms with van der Waals surface area (Å²) in [6.45, 7) is 1.70. The number of esters is 1. The summed E-state index contributed by atoms with van der Waals surface area (Å²) in [5.41, 5.74) is 0.187. The zero-order valence-corrected chi connectivity index (χ0v) is 17.6. The first-order chi connectivity index (χ1) is 13.4. The maximum atomic E-state index is 12.2. The number of rotatable bonds is 7. The van der Waals surface area contributed by atoms with Gasteiger partial charge in [0.2, 0.25) is 0 Å². The third-order valence-corrected chi connectivity index (χ3v) is 4.87. The molecule has 0 heterocycles. The first-order valence-corrected chi connectivity index (χ1v) is 10.0. The molecule has 8 nitrogen and oxygen atoms in total. The lowest BCUT2D eigenvalue weighted by Gasteiger charge is -2.22. The Morgan fingerprint density at radius 3 is 2.54 bits per heavy atom. The monoisotopic (exact) mass is 456 g/mol. The predicted octanol–water partition coefficient (Wildman–Crippen LogP) is 3.17. The number of carbonyl (C=O) groups excluding carboxylic acids is 3. The van der Waals surface area contributed by atoms with Crippen LogP contribution in [0.25, 0.3) is 0 Å². The number of methoxy groups -OCH3 is 1. The van der Waals surface area contributed by atoms with Crippen molar-refractivity contribution in [3.05, 3.63) is 22.2 Å². The minimum atomic E-state index is -0.718. The Morgan fingerprint density at radius 1 is 1.18 bits per heavy atom. The lowest BCUT2D eigenvalue weighted by Crippen LogP contribution is -2.46. The summed E-state index contributed by atoms with van der Waals surface area (Å²) in [6, 6.07) is 2.49. The Kier molecular flexibility index (Phi) is 8.56. The maximum absolute atomic E-state index is 12.2. The second-order valence-corrected chi connectivity index (χ2v) is 7.21. The third kappa shape index (κ3) is 6.40. The number of carbonyl (C=O) groups is 3. The average molecular weight is 457 g/mol. The number of benzene rings is 1. The van der Waals surface area contributed by atoms with Gasteiger partial charge in [-0.25, -0.2) is 9.59 Å². The first-order valence-electron chi connectivity index (χ1n) is 9.22. The third-order valence-electron chi connectivity index (χ3n) is 4.28. The zero-order valence-electron chi connectivity index (χ0n) is 16.0. The van der Waals surface area contributed by atoms with Crippen LogP contribution < -0.4 is 20.1 Å². The van der Waals surface area contributed by atoms with Crippen molar-refractivity contribution in [2.75, 3.05) is 20.3 Å². The molecule has 2 rings (SSSR count). The second-order valence-electron chi connectivity index (χ2n) is 6.36. The van der Waals surface area contributed by atoms with E-state index >= 15 is 0 Å². The number of nitrogens with one attached hydrogen (secondary N) is 2. The van der Waals surface area contributed by atoms with Gasteiger partial charge in [-0.3, -0.25) is 10.1 Å². The Morgan fingerprint density at radius 2 is 1.89 bits per heavy atom. The summed E-state index contributed by atoms with van der Waals surface area (Å²) in [6.07, 6.45) is 5.12. The van der Waals surface area contributed by atoms with Crippen molar-refractivity contribution >= 4 is 33.8 Å². The van der Waals surface area contributed by atoms with Gasteiger partial charge in [0.25, 0.3) is 5.91 Å². The van der Waals surface area contributed by atoms with Crippen molar-refractivity contribution in [3.63, 3.8) is 0 Å². The number of halogens is 1. The van der Waals surface area contributed by atoms with E-state index < -0.39 is 24.5 Å². The van der Waals surface area contributed by atoms with Crippen LogP contribution in [0.2, 0.25) is 0 Å². The smallest absolute Gasteiger partial charge is 0.338 e. The molecule has 0 bridgehead atoms. The number of hydrogen-bond donors (Lipinski definition) is 2. The lowest BCUT2D eigenvalue weighted by molar-refractivity contribution is -0.123. The molecule has 0 spiro atoms. The van der Waals surface area contributed by atoms with Gasteiger partial charge in [-0.15, -0.1) is 0 Å². The highest BCUT2D eigenvalue weighted by Gasteiger charge is 2.19. The molecular weight excluding hydrogens is 432 g/mol. The SMILES string of the molecule is CCOc1c(Br)cc(C(=O)OCC(=O)NC(=O)NC2CCCCC2)cc1OC. The van der Waals surface area contributed by atoms with E-state index in [9.17, 15) is 14.4 Å². The van der Waals surface area contributed by atoms with Gasteiger partial charge in [-0.05, 0) is 47.8 Å². The fraction of sp³-hybridized carbons (Fsp3) is 0.526. The van der Waals surface area contributed by atoms with Crippen LogP contribution in [0.4, 0.5) is 4.79 Å². The van der Waals surface area contributed by atoms with Gasteiger partial charge >= 0.3 is 12.0 Å². The molecule has 1 aliphatic carbocycles. The largest absolute Gasteiger partial charge is 0.493 e. The maximum Gasteiger partial charge on any atom is 0.338 e. The van der Waals surface area contributed by atoms with Crippen molar-refractivity contribution in [2.24, 2.45) is 0 Å². The van der Waals surface area contributed by atoms with Crippen molar-refractivity contribution in [1.82, 2.24) is 10.6 Å². The van der Waals surface area contributed by atoms with E-state index in [2.05, 4.69) is 26.6 Å². The molecule has 0 aliphatic heterocycles. The van der Waals surface area contributed by atoms with E-state index in [0.29, 0.717) is 22.6 Å². The fourth-order valence-electron chi connectivity index (χ4n) is 2.97. The van der Waals surface area contributed by atoms with Crippen molar-refractivity contribution in [2.45, 2.75) is 45.1 Å². The number of urea groups is 1. The van der Waals surface area contributed by atoms with E-state index in [0.717, 1.165) is 25.7 Å². The Hall–Kier alpha value is -2.29. The molecular formula is C19H25BrN2O6. The molecule has 28 heavy (non-hydrogen) atoms. The molecule has 9 heteroatoms. The number of imide groups is 1. The molecule has 0 unspecified atom stereocenters. The van der Waals surface area contributed by atoms with E-state index in [1.165, 1.54) is 25.7 Å². The standard InChI is InChI=1S/C19H25BrN2O6/c1-3-27-17-14(20)9-12(10-15(17)26-2)18(24)28-11-16(23)22-19(25)21-13-7-5-4-6-8-13/h9-10,13H,3-8,11H2,1-2H3,(H2,21,22,23,25). The quantitative estimate of drug-likeness (QED) is 0.610. The zero-order chi connectivity index (χ0) is 20.5. The summed E-state index contributed by atoms with van der Waals surface area (Å²) in [7, 11) is 1.46. The van der Waals surface area contributed by atoms with E-state index in [-0.39, 0.29) is 11.6 Å². The first kappa shape index (κ1) is 22.0. The number of hydrogen-bond acceptors (Lipinski definition) is 6. The summed E-state index contributed by atoms with van der Waals surface area (Å²) < 4.78 is 16.2. The molecule has 0 atom stereocenters. The Bertz CT molecular complexity index is 719. The van der Waals surface area contributed by atoms with Gasteiger partial charge < -0.3 is 19.5 Å². The van der Waals surface area contributed by atoms with Crippen LogP contribution >= 0.6 is 15.9 Å². The van der Waals surface area contributed by atoms with Crippen LogP contribution in [0.1, 0.15) is 49.4 Å². The minimum absolute atomic E-state index is 0.0813. The van der Waals surface area contributed by atoms with Crippen LogP contribution in [0.15, 0.2) is 16.6 Å². The lowest BCUT2D eigenvalue weighted by atomic mass is 9.96. The molecule has 154 valence electrons. The van der Waals surface area contributed by atoms with Gasteiger partial charge in [0.05, 0.1) is 23.8 Å². The van der Waals surface area contributed by atoms with Crippen molar-refractivity contribution in [1.29, 1.82) is 0 Å². The number of ether oxygens (including phenoxy) is 3. The normalized spacial score (nSPS) is 14.1. The average Bonchev–Trinajstić information content (AvgIpc) is 2.68. The van der Waals surface area contributed by atoms with Crippen molar-refractivity contribution < 1.29 is 28.6 Å². The summed E-state index contributed by atoms with van der Waals surface area (Å²) in [4.78, 5) is 35.9. The predicted molar refractivity (Wildman–Crippen MR) is 106 cm³/mol. The summed E-state index contributed by atoms with van der Waals surface area (Å²) in [5, 5.41) is 4.94. The highest BCUT2D eigenvalue weighted by molar-refractivity contribution is 9.10. The topological polar surface area (TPSA) is 103 Å². The van der Waals surface area contributed by atoms with Gasteiger partial charge in [0.15, 0.2) is 18.1 Å². The van der Waals surface area contributed by atoms with Crippen LogP contribution in [-0.2, 0) is 9.53 Å². The van der Waals surface area contributed by atoms with Crippen molar-refractivity contribution in [3.8, 4) is 11.5 Å². The Balaban J connectivity index is 1.86. The summed E-state index contributed by atoms with van der Waals surface area (Å²) >= 11 is 3.32. The highest BCUT2D eigenvalue weighted by atomic mass is 79.9. The van der Waals surface area contributed by atoms with Gasteiger partial charge in [-0.2, -0.15) is 0 Å². The highest BCUT2D eigenvalue weighted by Crippen LogP contribution is 2.36. The van der Waals surface area contributed by atoms with Crippen LogP contribution in [0, 0.1) is 0 Å². The van der Waals surface area contributed by atoms with Crippen LogP contribution in [-0.4, -0.2) is 44.3 Å². The molecule has 0 aromatic heterocycles. The molecule has 0 radical (unpaired) electrons. The Labute approximate surface area is 172 Å². The van der Waals surface area contributed by atoms with Crippen LogP contribution in [0.5, 0.6) is 11.5 Å². The van der Waals surface area contributed by atoms with E-state index in [4.69, 9.17) is 14.2 Å². The van der Waals surface area contributed by atoms with Gasteiger partial charge in [-0.1, -0.05) is 19.3 Å². The van der Waals surface area contributed by atoms with E-state index in [1.807, 2.05) is 6.92 Å². The fourth-order valence-corrected chi connectivity index (χ4v) is 3.52. The van der Waals surface area contributed by atoms with E-state index in [1.54, 1.807) is 0 Å². The summed E-state index contributed by atoms with van der Waals surface area (Å²) in [5.74, 6) is -0.582. The molecule has 3 amide bonds. The molecule has 0 saturated heterocycles. The minimum Gasteiger partial charge on any atom is -0.493 e. The van der Waals surface area contributed by atoms with Gasteiger partial charge in [0, 0.05) is 6.04 Å². The molecule has 1 saturated carbocycles. The second kappa shape index (κ2) is 10.9. The molecule has 2 N–H and O–H groups in total.